The molecule has 13 heavy (non-hydrogen) atoms. The molecule has 1 aliphatic rings. The molecule has 1 atom stereocenters. The Morgan fingerprint density at radius 3 is 2.62 bits per heavy atom. The molecule has 0 spiro atoms. The Bertz CT molecular complexity index is 190. The first-order valence-electron chi connectivity index (χ1n) is 4.71. The molecule has 0 aromatic rings. The Hall–Kier alpha value is -0.610. The van der Waals surface area contributed by atoms with E-state index in [1.54, 1.807) is 0 Å². The van der Waals surface area contributed by atoms with E-state index in [1.165, 1.54) is 0 Å². The Morgan fingerprint density at radius 2 is 2.23 bits per heavy atom. The molecule has 0 radical (unpaired) electrons. The third-order valence-corrected chi connectivity index (χ3v) is 2.50. The highest BCUT2D eigenvalue weighted by Crippen LogP contribution is 2.34. The van der Waals surface area contributed by atoms with Crippen molar-refractivity contribution >= 4 is 5.91 Å². The van der Waals surface area contributed by atoms with E-state index in [2.05, 4.69) is 10.6 Å². The van der Waals surface area contributed by atoms with Crippen molar-refractivity contribution in [3.8, 4) is 0 Å². The maximum Gasteiger partial charge on any atom is 0.224 e. The van der Waals surface area contributed by atoms with Crippen LogP contribution >= 0.6 is 0 Å². The van der Waals surface area contributed by atoms with E-state index in [9.17, 15) is 4.79 Å². The Kier molecular flexibility index (Phi) is 3.27. The molecular formula is C9H18N2O2. The lowest BCUT2D eigenvalue weighted by atomic mass is 10.1. The summed E-state index contributed by atoms with van der Waals surface area (Å²) in [5, 5.41) is 14.8. The summed E-state index contributed by atoms with van der Waals surface area (Å²) >= 11 is 0. The fraction of sp³-hybridized carbons (Fsp3) is 0.889. The third-order valence-electron chi connectivity index (χ3n) is 2.50. The van der Waals surface area contributed by atoms with Gasteiger partial charge in [0.2, 0.25) is 5.91 Å². The zero-order chi connectivity index (χ0) is 9.90. The van der Waals surface area contributed by atoms with Gasteiger partial charge in [0.25, 0.3) is 0 Å². The van der Waals surface area contributed by atoms with Crippen molar-refractivity contribution in [2.45, 2.75) is 25.3 Å². The van der Waals surface area contributed by atoms with Gasteiger partial charge in [0, 0.05) is 12.5 Å². The maximum atomic E-state index is 11.5. The fourth-order valence-electron chi connectivity index (χ4n) is 1.26. The lowest BCUT2D eigenvalue weighted by Gasteiger charge is -2.17. The second kappa shape index (κ2) is 4.07. The number of nitrogens with one attached hydrogen (secondary N) is 2. The average Bonchev–Trinajstić information content (AvgIpc) is 2.86. The normalized spacial score (nSPS) is 20.8. The first kappa shape index (κ1) is 10.5. The van der Waals surface area contributed by atoms with Gasteiger partial charge in [-0.15, -0.1) is 0 Å². The molecule has 4 nitrogen and oxygen atoms in total. The summed E-state index contributed by atoms with van der Waals surface area (Å²) in [6.07, 6.45) is 1.81. The minimum atomic E-state index is -0.279. The molecule has 1 saturated carbocycles. The second-order valence-electron chi connectivity index (χ2n) is 3.89. The Balaban J connectivity index is 2.32. The van der Waals surface area contributed by atoms with Gasteiger partial charge in [0.15, 0.2) is 0 Å². The standard InChI is InChI=1S/C9H18N2O2/c1-7(5-10-2)8(13)11-9(6-12)3-4-9/h7,10,12H,3-6H2,1-2H3,(H,11,13). The lowest BCUT2D eigenvalue weighted by Crippen LogP contribution is -2.44. The average molecular weight is 186 g/mol. The van der Waals surface area contributed by atoms with Crippen LogP contribution in [0.15, 0.2) is 0 Å². The van der Waals surface area contributed by atoms with Crippen LogP contribution in [0, 0.1) is 5.92 Å². The maximum absolute atomic E-state index is 11.5. The molecular weight excluding hydrogens is 168 g/mol. The van der Waals surface area contributed by atoms with Crippen molar-refractivity contribution in [2.24, 2.45) is 5.92 Å². The molecule has 1 unspecified atom stereocenters. The Morgan fingerprint density at radius 1 is 1.62 bits per heavy atom. The van der Waals surface area contributed by atoms with Crippen LogP contribution in [0.2, 0.25) is 0 Å². The number of carbonyl (C=O) groups excluding carboxylic acids is 1. The molecule has 0 aromatic carbocycles. The number of carbonyl (C=O) groups is 1. The van der Waals surface area contributed by atoms with Crippen LogP contribution in [0.3, 0.4) is 0 Å². The summed E-state index contributed by atoms with van der Waals surface area (Å²) in [5.41, 5.74) is -0.279. The van der Waals surface area contributed by atoms with Gasteiger partial charge in [-0.05, 0) is 19.9 Å². The van der Waals surface area contributed by atoms with Gasteiger partial charge in [-0.2, -0.15) is 0 Å². The van der Waals surface area contributed by atoms with E-state index in [0.29, 0.717) is 6.54 Å². The number of aliphatic hydroxyl groups is 1. The van der Waals surface area contributed by atoms with Crippen molar-refractivity contribution in [2.75, 3.05) is 20.2 Å². The number of aliphatic hydroxyl groups excluding tert-OH is 1. The van der Waals surface area contributed by atoms with Crippen LogP contribution in [0.4, 0.5) is 0 Å². The third kappa shape index (κ3) is 2.67. The second-order valence-corrected chi connectivity index (χ2v) is 3.89. The fourth-order valence-corrected chi connectivity index (χ4v) is 1.26. The molecule has 0 heterocycles. The largest absolute Gasteiger partial charge is 0.394 e. The Labute approximate surface area is 78.7 Å². The van der Waals surface area contributed by atoms with Gasteiger partial charge in [-0.1, -0.05) is 6.92 Å². The predicted molar refractivity (Wildman–Crippen MR) is 50.3 cm³/mol. The first-order chi connectivity index (χ1) is 6.13. The zero-order valence-corrected chi connectivity index (χ0v) is 8.26. The monoisotopic (exact) mass is 186 g/mol. The van der Waals surface area contributed by atoms with Crippen molar-refractivity contribution in [3.05, 3.63) is 0 Å². The van der Waals surface area contributed by atoms with E-state index < -0.39 is 0 Å². The molecule has 0 aromatic heterocycles. The topological polar surface area (TPSA) is 61.4 Å². The number of hydrogen-bond donors (Lipinski definition) is 3. The van der Waals surface area contributed by atoms with E-state index in [4.69, 9.17) is 5.11 Å². The zero-order valence-electron chi connectivity index (χ0n) is 8.26. The minimum absolute atomic E-state index is 0.0286. The summed E-state index contributed by atoms with van der Waals surface area (Å²) < 4.78 is 0. The van der Waals surface area contributed by atoms with Crippen LogP contribution in [0.5, 0.6) is 0 Å². The molecule has 3 N–H and O–H groups in total. The van der Waals surface area contributed by atoms with Crippen molar-refractivity contribution in [1.29, 1.82) is 0 Å². The van der Waals surface area contributed by atoms with Crippen molar-refractivity contribution in [1.82, 2.24) is 10.6 Å². The molecule has 4 heteroatoms. The summed E-state index contributed by atoms with van der Waals surface area (Å²) in [7, 11) is 1.82. The highest BCUT2D eigenvalue weighted by Gasteiger charge is 2.43. The molecule has 1 rings (SSSR count). The molecule has 0 aliphatic heterocycles. The summed E-state index contributed by atoms with van der Waals surface area (Å²) in [5.74, 6) is -0.00470. The van der Waals surface area contributed by atoms with E-state index in [0.717, 1.165) is 12.8 Å². The van der Waals surface area contributed by atoms with Gasteiger partial charge in [-0.25, -0.2) is 0 Å². The van der Waals surface area contributed by atoms with Crippen molar-refractivity contribution < 1.29 is 9.90 Å². The molecule has 1 fully saturated rings. The van der Waals surface area contributed by atoms with Crippen molar-refractivity contribution in [3.63, 3.8) is 0 Å². The van der Waals surface area contributed by atoms with Gasteiger partial charge < -0.3 is 15.7 Å². The van der Waals surface area contributed by atoms with E-state index in [1.807, 2.05) is 14.0 Å². The highest BCUT2D eigenvalue weighted by atomic mass is 16.3. The summed E-state index contributed by atoms with van der Waals surface area (Å²) in [6, 6.07) is 0. The van der Waals surface area contributed by atoms with E-state index >= 15 is 0 Å². The molecule has 76 valence electrons. The SMILES string of the molecule is CNCC(C)C(=O)NC1(CO)CC1. The number of amides is 1. The van der Waals surface area contributed by atoms with Gasteiger partial charge in [0.05, 0.1) is 12.1 Å². The molecule has 0 saturated heterocycles. The molecule has 1 amide bonds. The minimum Gasteiger partial charge on any atom is -0.394 e. The van der Waals surface area contributed by atoms with E-state index in [-0.39, 0.29) is 24.0 Å². The highest BCUT2D eigenvalue weighted by molar-refractivity contribution is 5.79. The summed E-state index contributed by atoms with van der Waals surface area (Å²) in [4.78, 5) is 11.5. The van der Waals surface area contributed by atoms with Gasteiger partial charge in [-0.3, -0.25) is 4.79 Å². The van der Waals surface area contributed by atoms with Crippen LogP contribution in [-0.4, -0.2) is 36.8 Å². The van der Waals surface area contributed by atoms with Gasteiger partial charge in [0.1, 0.15) is 0 Å². The van der Waals surface area contributed by atoms with Crippen LogP contribution in [0.1, 0.15) is 19.8 Å². The lowest BCUT2D eigenvalue weighted by molar-refractivity contribution is -0.125. The quantitative estimate of drug-likeness (QED) is 0.541. The molecule has 1 aliphatic carbocycles. The van der Waals surface area contributed by atoms with Gasteiger partial charge >= 0.3 is 0 Å². The molecule has 0 bridgehead atoms. The first-order valence-corrected chi connectivity index (χ1v) is 4.71. The predicted octanol–water partition coefficient (Wildman–Crippen LogP) is -0.517. The number of hydrogen-bond acceptors (Lipinski definition) is 3. The number of rotatable bonds is 5. The summed E-state index contributed by atoms with van der Waals surface area (Å²) in [6.45, 7) is 2.61. The van der Waals surface area contributed by atoms with Crippen LogP contribution < -0.4 is 10.6 Å². The van der Waals surface area contributed by atoms with Crippen LogP contribution in [0.25, 0.3) is 0 Å². The van der Waals surface area contributed by atoms with Crippen LogP contribution in [-0.2, 0) is 4.79 Å². The smallest absolute Gasteiger partial charge is 0.224 e.